The van der Waals surface area contributed by atoms with Crippen molar-refractivity contribution in [1.82, 2.24) is 29.6 Å². The molecule has 6 rings (SSSR count). The van der Waals surface area contributed by atoms with Crippen LogP contribution in [0.3, 0.4) is 0 Å². The molecule has 2 unspecified atom stereocenters. The van der Waals surface area contributed by atoms with Crippen LogP contribution in [0.4, 0.5) is 17.3 Å². The third kappa shape index (κ3) is 6.61. The number of piperidine rings is 1. The van der Waals surface area contributed by atoms with Gasteiger partial charge >= 0.3 is 0 Å². The quantitative estimate of drug-likeness (QED) is 0.123. The summed E-state index contributed by atoms with van der Waals surface area (Å²) in [5.41, 5.74) is 5.30. The fraction of sp³-hybridized carbons (Fsp3) is 0.514. The first-order valence-electron chi connectivity index (χ1n) is 17.2. The maximum atomic E-state index is 13.4. The number of hydrogen-bond donors (Lipinski definition) is 2. The van der Waals surface area contributed by atoms with Crippen molar-refractivity contribution in [3.05, 3.63) is 76.9 Å². The highest BCUT2D eigenvalue weighted by molar-refractivity contribution is 5.77. The first-order chi connectivity index (χ1) is 22.3. The summed E-state index contributed by atoms with van der Waals surface area (Å²) in [5.74, 6) is 2.37. The van der Waals surface area contributed by atoms with Gasteiger partial charge in [0.25, 0.3) is 5.56 Å². The summed E-state index contributed by atoms with van der Waals surface area (Å²) in [6.07, 6.45) is 11.4. The van der Waals surface area contributed by atoms with E-state index in [1.165, 1.54) is 36.9 Å². The van der Waals surface area contributed by atoms with Crippen molar-refractivity contribution in [1.29, 1.82) is 0 Å². The van der Waals surface area contributed by atoms with Gasteiger partial charge in [-0.3, -0.25) is 4.79 Å². The van der Waals surface area contributed by atoms with Crippen molar-refractivity contribution in [2.45, 2.75) is 85.1 Å². The number of nitrogens with one attached hydrogen (secondary N) is 2. The molecule has 2 aliphatic rings. The Bertz CT molecular complexity index is 1710. The Balaban J connectivity index is 1.16. The number of anilines is 3. The van der Waals surface area contributed by atoms with Crippen molar-refractivity contribution < 1.29 is 0 Å². The van der Waals surface area contributed by atoms with Crippen molar-refractivity contribution in [3.8, 4) is 5.82 Å². The van der Waals surface area contributed by atoms with E-state index in [0.29, 0.717) is 40.7 Å². The van der Waals surface area contributed by atoms with E-state index in [-0.39, 0.29) is 5.56 Å². The average molecular weight is 623 g/mol. The summed E-state index contributed by atoms with van der Waals surface area (Å²) in [4.78, 5) is 30.3. The van der Waals surface area contributed by atoms with Crippen molar-refractivity contribution in [2.75, 3.05) is 36.4 Å². The number of allylic oxidation sites excluding steroid dienone is 1. The molecule has 9 heteroatoms. The number of hydrogen-bond acceptors (Lipinski definition) is 7. The van der Waals surface area contributed by atoms with Gasteiger partial charge in [-0.15, -0.1) is 6.58 Å². The molecule has 1 fully saturated rings. The van der Waals surface area contributed by atoms with Crippen LogP contribution in [0.5, 0.6) is 0 Å². The molecule has 9 nitrogen and oxygen atoms in total. The zero-order chi connectivity index (χ0) is 32.3. The van der Waals surface area contributed by atoms with Crippen LogP contribution in [0.2, 0.25) is 0 Å². The summed E-state index contributed by atoms with van der Waals surface area (Å²) >= 11 is 0. The fourth-order valence-corrected chi connectivity index (χ4v) is 6.96. The van der Waals surface area contributed by atoms with Crippen LogP contribution in [0.1, 0.15) is 83.4 Å². The Morgan fingerprint density at radius 3 is 2.61 bits per heavy atom. The Labute approximate surface area is 273 Å². The van der Waals surface area contributed by atoms with Crippen molar-refractivity contribution in [2.24, 2.45) is 11.3 Å². The van der Waals surface area contributed by atoms with E-state index < -0.39 is 0 Å². The van der Waals surface area contributed by atoms with E-state index in [4.69, 9.17) is 9.97 Å². The highest BCUT2D eigenvalue weighted by Crippen LogP contribution is 2.35. The zero-order valence-electron chi connectivity index (χ0n) is 28.1. The lowest BCUT2D eigenvalue weighted by molar-refractivity contribution is 0.235. The van der Waals surface area contributed by atoms with Gasteiger partial charge in [-0.25, -0.2) is 19.3 Å². The van der Waals surface area contributed by atoms with Crippen LogP contribution in [0.25, 0.3) is 16.9 Å². The molecule has 1 aromatic carbocycles. The molecule has 0 amide bonds. The van der Waals surface area contributed by atoms with Gasteiger partial charge in [0.05, 0.1) is 6.54 Å². The normalized spacial score (nSPS) is 18.1. The number of aromatic nitrogens is 5. The van der Waals surface area contributed by atoms with Gasteiger partial charge < -0.3 is 15.5 Å². The minimum absolute atomic E-state index is 0.153. The van der Waals surface area contributed by atoms with E-state index in [1.807, 2.05) is 10.7 Å². The van der Waals surface area contributed by atoms with E-state index in [0.717, 1.165) is 62.7 Å². The van der Waals surface area contributed by atoms with Gasteiger partial charge in [0.15, 0.2) is 11.5 Å². The molecule has 1 aliphatic heterocycles. The molecule has 2 N–H and O–H groups in total. The minimum Gasteiger partial charge on any atom is -0.371 e. The highest BCUT2D eigenvalue weighted by Gasteiger charge is 2.30. The number of nitrogens with zero attached hydrogens (tertiary/aromatic N) is 6. The zero-order valence-corrected chi connectivity index (χ0v) is 28.1. The largest absolute Gasteiger partial charge is 0.371 e. The van der Waals surface area contributed by atoms with Gasteiger partial charge in [0.2, 0.25) is 5.95 Å². The van der Waals surface area contributed by atoms with Crippen LogP contribution in [0, 0.1) is 11.3 Å². The SMILES string of the molecule is C=CCn1c(=O)c2cnc(Nc3ccc(N4CCC(C)(CNCCC(C)CC)CC4)cc3)nc2n1-c1ccc2c(n1)C(CC)CC2. The summed E-state index contributed by atoms with van der Waals surface area (Å²) in [6, 6.07) is 12.6. The summed E-state index contributed by atoms with van der Waals surface area (Å²) in [5, 5.41) is 7.55. The third-order valence-electron chi connectivity index (χ3n) is 10.4. The van der Waals surface area contributed by atoms with Gasteiger partial charge in [-0.2, -0.15) is 4.98 Å². The Hall–Kier alpha value is -3.98. The number of aryl methyl sites for hydroxylation is 1. The Morgan fingerprint density at radius 1 is 1.11 bits per heavy atom. The van der Waals surface area contributed by atoms with E-state index in [9.17, 15) is 4.79 Å². The van der Waals surface area contributed by atoms with Crippen LogP contribution in [-0.2, 0) is 13.0 Å². The molecular formula is C37H50N8O. The molecule has 2 atom stereocenters. The summed E-state index contributed by atoms with van der Waals surface area (Å²) in [6.45, 7) is 17.8. The summed E-state index contributed by atoms with van der Waals surface area (Å²) < 4.78 is 3.47. The lowest BCUT2D eigenvalue weighted by atomic mass is 9.80. The van der Waals surface area contributed by atoms with Crippen LogP contribution >= 0.6 is 0 Å². The molecule has 1 aliphatic carbocycles. The molecule has 0 saturated carbocycles. The van der Waals surface area contributed by atoms with Gasteiger partial charge in [-0.05, 0) is 92.3 Å². The molecule has 0 radical (unpaired) electrons. The predicted molar refractivity (Wildman–Crippen MR) is 189 cm³/mol. The molecule has 0 bridgehead atoms. The van der Waals surface area contributed by atoms with Gasteiger partial charge in [-0.1, -0.05) is 46.3 Å². The number of benzene rings is 1. The maximum absolute atomic E-state index is 13.4. The topological polar surface area (TPSA) is 92.9 Å². The summed E-state index contributed by atoms with van der Waals surface area (Å²) in [7, 11) is 0. The second-order valence-electron chi connectivity index (χ2n) is 13.7. The average Bonchev–Trinajstić information content (AvgIpc) is 3.61. The number of rotatable bonds is 13. The molecule has 3 aromatic heterocycles. The Kier molecular flexibility index (Phi) is 9.59. The molecule has 0 spiro atoms. The first-order valence-corrected chi connectivity index (χ1v) is 17.2. The second-order valence-corrected chi connectivity index (χ2v) is 13.7. The fourth-order valence-electron chi connectivity index (χ4n) is 6.96. The van der Waals surface area contributed by atoms with Crippen molar-refractivity contribution in [3.63, 3.8) is 0 Å². The number of pyridine rings is 1. The molecule has 1 saturated heterocycles. The van der Waals surface area contributed by atoms with E-state index >= 15 is 0 Å². The Morgan fingerprint density at radius 2 is 1.89 bits per heavy atom. The van der Waals surface area contributed by atoms with E-state index in [2.05, 4.69) is 85.1 Å². The van der Waals surface area contributed by atoms with Crippen LogP contribution in [-0.4, -0.2) is 50.5 Å². The molecule has 4 heterocycles. The van der Waals surface area contributed by atoms with Crippen LogP contribution in [0.15, 0.2) is 60.0 Å². The second kappa shape index (κ2) is 13.8. The lowest BCUT2D eigenvalue weighted by Crippen LogP contribution is -2.43. The van der Waals surface area contributed by atoms with Crippen LogP contribution < -0.4 is 21.1 Å². The first kappa shape index (κ1) is 32.0. The smallest absolute Gasteiger partial charge is 0.278 e. The van der Waals surface area contributed by atoms with Crippen molar-refractivity contribution >= 4 is 28.4 Å². The molecule has 46 heavy (non-hydrogen) atoms. The van der Waals surface area contributed by atoms with Gasteiger partial charge in [0.1, 0.15) is 5.39 Å². The molecular weight excluding hydrogens is 572 g/mol. The lowest BCUT2D eigenvalue weighted by Gasteiger charge is -2.40. The predicted octanol–water partition coefficient (Wildman–Crippen LogP) is 6.98. The third-order valence-corrected chi connectivity index (χ3v) is 10.4. The van der Waals surface area contributed by atoms with Gasteiger partial charge in [0, 0.05) is 48.8 Å². The molecule has 244 valence electrons. The standard InChI is InChI=1S/C37H50N8O/c1-6-21-44-35(46)31-24-39-36(42-34(31)45(44)32-16-11-28-10-9-27(8-3)33(28)41-32)40-29-12-14-30(15-13-29)43-22-18-37(5,19-23-43)25-38-20-17-26(4)7-2/h6,11-16,24,26-27,38H,1,7-10,17-23,25H2,2-5H3,(H,39,40,42). The maximum Gasteiger partial charge on any atom is 0.278 e. The van der Waals surface area contributed by atoms with E-state index in [1.54, 1.807) is 17.0 Å². The highest BCUT2D eigenvalue weighted by atomic mass is 16.1. The monoisotopic (exact) mass is 622 g/mol. The minimum atomic E-state index is -0.153. The molecule has 4 aromatic rings. The number of fused-ring (bicyclic) bond motifs is 2.